The number of hydrogen-bond acceptors (Lipinski definition) is 2. The van der Waals surface area contributed by atoms with Crippen LogP contribution in [0.3, 0.4) is 0 Å². The van der Waals surface area contributed by atoms with Crippen LogP contribution in [-0.2, 0) is 6.54 Å². The molecule has 0 aromatic heterocycles. The molecule has 1 N–H and O–H groups in total. The molecule has 0 aliphatic heterocycles. The minimum absolute atomic E-state index is 1.01. The SMILES string of the molecule is CN(CCCNCCC1CCCCC1)Cc1ccccc1. The van der Waals surface area contributed by atoms with E-state index in [0.717, 1.165) is 19.0 Å². The third-order valence-electron chi connectivity index (χ3n) is 4.64. The van der Waals surface area contributed by atoms with E-state index in [1.807, 2.05) is 0 Å². The van der Waals surface area contributed by atoms with Crippen LogP contribution in [0, 0.1) is 5.92 Å². The third-order valence-corrected chi connectivity index (χ3v) is 4.64. The van der Waals surface area contributed by atoms with Crippen molar-refractivity contribution in [1.29, 1.82) is 0 Å². The average Bonchev–Trinajstić information content (AvgIpc) is 2.53. The van der Waals surface area contributed by atoms with Crippen molar-refractivity contribution in [2.75, 3.05) is 26.7 Å². The molecule has 2 nitrogen and oxygen atoms in total. The Morgan fingerprint density at radius 3 is 2.57 bits per heavy atom. The van der Waals surface area contributed by atoms with Crippen LogP contribution in [0.4, 0.5) is 0 Å². The molecule has 1 fully saturated rings. The topological polar surface area (TPSA) is 15.3 Å². The fraction of sp³-hybridized carbons (Fsp3) is 0.684. The highest BCUT2D eigenvalue weighted by Crippen LogP contribution is 2.25. The second-order valence-corrected chi connectivity index (χ2v) is 6.62. The van der Waals surface area contributed by atoms with Crippen molar-refractivity contribution in [2.45, 2.75) is 51.5 Å². The lowest BCUT2D eigenvalue weighted by Gasteiger charge is -2.21. The smallest absolute Gasteiger partial charge is 0.0230 e. The van der Waals surface area contributed by atoms with Crippen LogP contribution < -0.4 is 5.32 Å². The van der Waals surface area contributed by atoms with E-state index < -0.39 is 0 Å². The molecule has 1 aromatic carbocycles. The van der Waals surface area contributed by atoms with E-state index in [1.165, 1.54) is 63.6 Å². The molecule has 0 amide bonds. The van der Waals surface area contributed by atoms with Crippen molar-refractivity contribution in [2.24, 2.45) is 5.92 Å². The Bertz CT molecular complexity index is 357. The highest BCUT2D eigenvalue weighted by Gasteiger charge is 2.12. The predicted molar refractivity (Wildman–Crippen MR) is 91.5 cm³/mol. The van der Waals surface area contributed by atoms with Crippen molar-refractivity contribution in [3.05, 3.63) is 35.9 Å². The van der Waals surface area contributed by atoms with Crippen LogP contribution in [0.15, 0.2) is 30.3 Å². The van der Waals surface area contributed by atoms with Gasteiger partial charge < -0.3 is 10.2 Å². The average molecular weight is 288 g/mol. The standard InChI is InChI=1S/C19H32N2/c1-21(17-19-11-6-3-7-12-19)16-8-14-20-15-13-18-9-4-2-5-10-18/h3,6-7,11-12,18,20H,2,4-5,8-10,13-17H2,1H3. The Kier molecular flexibility index (Phi) is 7.83. The quantitative estimate of drug-likeness (QED) is 0.689. The summed E-state index contributed by atoms with van der Waals surface area (Å²) in [7, 11) is 2.22. The molecule has 0 spiro atoms. The van der Waals surface area contributed by atoms with E-state index in [2.05, 4.69) is 47.6 Å². The number of rotatable bonds is 9. The van der Waals surface area contributed by atoms with Gasteiger partial charge in [0.2, 0.25) is 0 Å². The van der Waals surface area contributed by atoms with Gasteiger partial charge in [0.05, 0.1) is 0 Å². The van der Waals surface area contributed by atoms with Crippen LogP contribution in [0.2, 0.25) is 0 Å². The first-order valence-corrected chi connectivity index (χ1v) is 8.78. The van der Waals surface area contributed by atoms with Crippen molar-refractivity contribution < 1.29 is 0 Å². The van der Waals surface area contributed by atoms with E-state index >= 15 is 0 Å². The molecular formula is C19H32N2. The Morgan fingerprint density at radius 1 is 1.05 bits per heavy atom. The van der Waals surface area contributed by atoms with Crippen LogP contribution >= 0.6 is 0 Å². The summed E-state index contributed by atoms with van der Waals surface area (Å²) in [6, 6.07) is 10.7. The number of benzene rings is 1. The van der Waals surface area contributed by atoms with E-state index in [1.54, 1.807) is 0 Å². The molecule has 21 heavy (non-hydrogen) atoms. The first-order chi connectivity index (χ1) is 10.3. The molecule has 0 saturated heterocycles. The molecular weight excluding hydrogens is 256 g/mol. The Morgan fingerprint density at radius 2 is 1.81 bits per heavy atom. The maximum Gasteiger partial charge on any atom is 0.0230 e. The van der Waals surface area contributed by atoms with Crippen LogP contribution in [-0.4, -0.2) is 31.6 Å². The minimum atomic E-state index is 1.01. The molecule has 1 saturated carbocycles. The van der Waals surface area contributed by atoms with Gasteiger partial charge in [-0.2, -0.15) is 0 Å². The van der Waals surface area contributed by atoms with Gasteiger partial charge in [0.1, 0.15) is 0 Å². The largest absolute Gasteiger partial charge is 0.317 e. The molecule has 0 radical (unpaired) electrons. The van der Waals surface area contributed by atoms with Gasteiger partial charge >= 0.3 is 0 Å². The molecule has 2 heteroatoms. The molecule has 1 aromatic rings. The van der Waals surface area contributed by atoms with Gasteiger partial charge in [-0.05, 0) is 51.0 Å². The number of hydrogen-bond donors (Lipinski definition) is 1. The first-order valence-electron chi connectivity index (χ1n) is 8.78. The maximum absolute atomic E-state index is 3.63. The molecule has 0 heterocycles. The van der Waals surface area contributed by atoms with Crippen molar-refractivity contribution >= 4 is 0 Å². The molecule has 0 bridgehead atoms. The van der Waals surface area contributed by atoms with Crippen LogP contribution in [0.1, 0.15) is 50.5 Å². The molecule has 0 atom stereocenters. The summed E-state index contributed by atoms with van der Waals surface area (Å²) in [5.41, 5.74) is 1.41. The summed E-state index contributed by atoms with van der Waals surface area (Å²) in [6.07, 6.45) is 9.98. The van der Waals surface area contributed by atoms with E-state index in [9.17, 15) is 0 Å². The van der Waals surface area contributed by atoms with Gasteiger partial charge in [0, 0.05) is 6.54 Å². The second-order valence-electron chi connectivity index (χ2n) is 6.62. The highest BCUT2D eigenvalue weighted by atomic mass is 15.1. The maximum atomic E-state index is 3.63. The number of nitrogens with zero attached hydrogens (tertiary/aromatic N) is 1. The van der Waals surface area contributed by atoms with Gasteiger partial charge in [-0.3, -0.25) is 0 Å². The summed E-state index contributed by atoms with van der Waals surface area (Å²) in [5, 5.41) is 3.63. The first kappa shape index (κ1) is 16.5. The van der Waals surface area contributed by atoms with Crippen molar-refractivity contribution in [3.8, 4) is 0 Å². The summed E-state index contributed by atoms with van der Waals surface area (Å²) >= 11 is 0. The Labute approximate surface area is 130 Å². The van der Waals surface area contributed by atoms with Crippen molar-refractivity contribution in [1.82, 2.24) is 10.2 Å². The van der Waals surface area contributed by atoms with Gasteiger partial charge in [-0.25, -0.2) is 0 Å². The zero-order chi connectivity index (χ0) is 14.8. The summed E-state index contributed by atoms with van der Waals surface area (Å²) in [5.74, 6) is 1.01. The van der Waals surface area contributed by atoms with Gasteiger partial charge in [-0.1, -0.05) is 62.4 Å². The zero-order valence-electron chi connectivity index (χ0n) is 13.7. The number of nitrogens with one attached hydrogen (secondary N) is 1. The van der Waals surface area contributed by atoms with Gasteiger partial charge in [-0.15, -0.1) is 0 Å². The summed E-state index contributed by atoms with van der Waals surface area (Å²) < 4.78 is 0. The molecule has 118 valence electrons. The van der Waals surface area contributed by atoms with Crippen LogP contribution in [0.5, 0.6) is 0 Å². The lowest BCUT2D eigenvalue weighted by atomic mass is 9.87. The molecule has 1 aliphatic rings. The molecule has 2 rings (SSSR count). The van der Waals surface area contributed by atoms with Crippen molar-refractivity contribution in [3.63, 3.8) is 0 Å². The third kappa shape index (κ3) is 7.10. The lowest BCUT2D eigenvalue weighted by molar-refractivity contribution is 0.313. The Hall–Kier alpha value is -0.860. The summed E-state index contributed by atoms with van der Waals surface area (Å²) in [4.78, 5) is 2.41. The monoisotopic (exact) mass is 288 g/mol. The molecule has 1 aliphatic carbocycles. The fourth-order valence-electron chi connectivity index (χ4n) is 3.36. The van der Waals surface area contributed by atoms with Gasteiger partial charge in [0.25, 0.3) is 0 Å². The zero-order valence-corrected chi connectivity index (χ0v) is 13.7. The lowest BCUT2D eigenvalue weighted by Crippen LogP contribution is -2.25. The predicted octanol–water partition coefficient (Wildman–Crippen LogP) is 4.07. The van der Waals surface area contributed by atoms with Gasteiger partial charge in [0.15, 0.2) is 0 Å². The second kappa shape index (κ2) is 9.97. The minimum Gasteiger partial charge on any atom is -0.317 e. The van der Waals surface area contributed by atoms with E-state index in [4.69, 9.17) is 0 Å². The highest BCUT2D eigenvalue weighted by molar-refractivity contribution is 5.14. The summed E-state index contributed by atoms with van der Waals surface area (Å²) in [6.45, 7) is 4.60. The normalized spacial score (nSPS) is 16.5. The Balaban J connectivity index is 1.45. The van der Waals surface area contributed by atoms with E-state index in [-0.39, 0.29) is 0 Å². The van der Waals surface area contributed by atoms with Crippen LogP contribution in [0.25, 0.3) is 0 Å². The fourth-order valence-corrected chi connectivity index (χ4v) is 3.36. The molecule has 0 unspecified atom stereocenters. The van der Waals surface area contributed by atoms with E-state index in [0.29, 0.717) is 0 Å².